The van der Waals surface area contributed by atoms with Crippen LogP contribution in [-0.4, -0.2) is 56.0 Å². The minimum atomic E-state index is -4.39. The van der Waals surface area contributed by atoms with Crippen molar-refractivity contribution in [2.45, 2.75) is 25.2 Å². The minimum absolute atomic E-state index is 0.0463. The van der Waals surface area contributed by atoms with Crippen molar-refractivity contribution in [3.05, 3.63) is 84.1 Å². The van der Waals surface area contributed by atoms with Gasteiger partial charge in [-0.25, -0.2) is 4.98 Å². The van der Waals surface area contributed by atoms with Gasteiger partial charge in [0.05, 0.1) is 24.0 Å². The van der Waals surface area contributed by atoms with Crippen LogP contribution in [0.4, 0.5) is 19.0 Å². The van der Waals surface area contributed by atoms with Gasteiger partial charge in [-0.3, -0.25) is 15.1 Å². The van der Waals surface area contributed by atoms with Crippen molar-refractivity contribution >= 4 is 5.82 Å². The van der Waals surface area contributed by atoms with E-state index in [2.05, 4.69) is 54.2 Å². The van der Waals surface area contributed by atoms with Gasteiger partial charge < -0.3 is 4.90 Å². The van der Waals surface area contributed by atoms with Crippen molar-refractivity contribution in [1.29, 1.82) is 0 Å². The number of piperazine rings is 1. The second kappa shape index (κ2) is 8.94. The first-order chi connectivity index (χ1) is 16.4. The van der Waals surface area contributed by atoms with E-state index in [1.54, 1.807) is 0 Å². The van der Waals surface area contributed by atoms with E-state index < -0.39 is 11.7 Å². The number of pyridine rings is 1. The Labute approximate surface area is 194 Å². The number of alkyl halides is 3. The SMILES string of the molecule is CC1CN(C(c2cn[nH]c2)c2ccccc2-c2cn[nH]c2)CCN1c1ccc(C(F)(F)F)cn1. The molecule has 1 saturated heterocycles. The summed E-state index contributed by atoms with van der Waals surface area (Å²) >= 11 is 0. The van der Waals surface area contributed by atoms with Gasteiger partial charge in [-0.1, -0.05) is 24.3 Å². The largest absolute Gasteiger partial charge is 0.417 e. The summed E-state index contributed by atoms with van der Waals surface area (Å²) in [5, 5.41) is 14.1. The van der Waals surface area contributed by atoms with Gasteiger partial charge >= 0.3 is 6.18 Å². The molecule has 0 radical (unpaired) electrons. The predicted molar refractivity (Wildman–Crippen MR) is 122 cm³/mol. The maximum absolute atomic E-state index is 12.9. The van der Waals surface area contributed by atoms with E-state index in [-0.39, 0.29) is 12.1 Å². The number of aromatic nitrogens is 5. The summed E-state index contributed by atoms with van der Waals surface area (Å²) in [6.45, 7) is 4.13. The van der Waals surface area contributed by atoms with E-state index in [1.807, 2.05) is 36.9 Å². The Balaban J connectivity index is 1.43. The highest BCUT2D eigenvalue weighted by Gasteiger charge is 2.34. The fourth-order valence-corrected chi connectivity index (χ4v) is 4.68. The van der Waals surface area contributed by atoms with Gasteiger partial charge in [0.2, 0.25) is 0 Å². The van der Waals surface area contributed by atoms with Gasteiger partial charge in [0, 0.05) is 55.4 Å². The Kier molecular flexibility index (Phi) is 5.82. The molecule has 0 spiro atoms. The highest BCUT2D eigenvalue weighted by atomic mass is 19.4. The number of nitrogens with one attached hydrogen (secondary N) is 2. The summed E-state index contributed by atoms with van der Waals surface area (Å²) in [6, 6.07) is 10.8. The molecular formula is C24H24F3N7. The molecule has 7 nitrogen and oxygen atoms in total. The predicted octanol–water partition coefficient (Wildman–Crippen LogP) is 4.51. The molecule has 1 aliphatic rings. The van der Waals surface area contributed by atoms with E-state index >= 15 is 0 Å². The van der Waals surface area contributed by atoms with Crippen LogP contribution in [-0.2, 0) is 6.18 Å². The van der Waals surface area contributed by atoms with Crippen LogP contribution in [0.1, 0.15) is 29.7 Å². The number of H-pyrrole nitrogens is 2. The highest BCUT2D eigenvalue weighted by molar-refractivity contribution is 5.67. The van der Waals surface area contributed by atoms with Gasteiger partial charge in [-0.2, -0.15) is 23.4 Å². The fraction of sp³-hybridized carbons (Fsp3) is 0.292. The van der Waals surface area contributed by atoms with E-state index in [0.717, 1.165) is 34.5 Å². The summed E-state index contributed by atoms with van der Waals surface area (Å²) in [7, 11) is 0. The summed E-state index contributed by atoms with van der Waals surface area (Å²) in [5.41, 5.74) is 3.54. The monoisotopic (exact) mass is 467 g/mol. The lowest BCUT2D eigenvalue weighted by Gasteiger charge is -2.44. The van der Waals surface area contributed by atoms with E-state index in [9.17, 15) is 13.2 Å². The molecule has 4 heterocycles. The van der Waals surface area contributed by atoms with Gasteiger partial charge in [-0.15, -0.1) is 0 Å². The summed E-state index contributed by atoms with van der Waals surface area (Å²) in [5.74, 6) is 0.554. The number of hydrogen-bond donors (Lipinski definition) is 2. The molecule has 34 heavy (non-hydrogen) atoms. The van der Waals surface area contributed by atoms with Crippen LogP contribution in [0.25, 0.3) is 11.1 Å². The molecule has 1 fully saturated rings. The van der Waals surface area contributed by atoms with Gasteiger partial charge in [0.1, 0.15) is 5.82 Å². The summed E-state index contributed by atoms with van der Waals surface area (Å²) in [4.78, 5) is 8.55. The standard InChI is InChI=1S/C24H24F3N7/c1-16-15-33(8-9-34(16)22-7-6-19(14-28-22)24(25,26)27)23(18-12-31-32-13-18)21-5-3-2-4-20(21)17-10-29-30-11-17/h2-7,10-14,16,23H,8-9,15H2,1H3,(H,29,30)(H,31,32). The molecule has 2 unspecified atom stereocenters. The Morgan fingerprint density at radius 2 is 1.76 bits per heavy atom. The van der Waals surface area contributed by atoms with Crippen LogP contribution in [0.5, 0.6) is 0 Å². The molecule has 1 aliphatic heterocycles. The van der Waals surface area contributed by atoms with Crippen molar-refractivity contribution in [1.82, 2.24) is 30.3 Å². The summed E-state index contributed by atoms with van der Waals surface area (Å²) < 4.78 is 38.8. The van der Waals surface area contributed by atoms with Crippen molar-refractivity contribution in [2.75, 3.05) is 24.5 Å². The number of benzene rings is 1. The fourth-order valence-electron chi connectivity index (χ4n) is 4.68. The first-order valence-electron chi connectivity index (χ1n) is 11.0. The van der Waals surface area contributed by atoms with Crippen LogP contribution in [0.2, 0.25) is 0 Å². The van der Waals surface area contributed by atoms with E-state index in [0.29, 0.717) is 25.5 Å². The Morgan fingerprint density at radius 1 is 0.971 bits per heavy atom. The molecule has 176 valence electrons. The maximum atomic E-state index is 12.9. The molecule has 2 N–H and O–H groups in total. The molecular weight excluding hydrogens is 443 g/mol. The van der Waals surface area contributed by atoms with E-state index in [4.69, 9.17) is 0 Å². The smallest absolute Gasteiger partial charge is 0.351 e. The average molecular weight is 467 g/mol. The lowest BCUT2D eigenvalue weighted by Crippen LogP contribution is -2.53. The van der Waals surface area contributed by atoms with E-state index in [1.165, 1.54) is 6.07 Å². The number of nitrogens with zero attached hydrogens (tertiary/aromatic N) is 5. The van der Waals surface area contributed by atoms with Crippen molar-refractivity contribution in [2.24, 2.45) is 0 Å². The second-order valence-electron chi connectivity index (χ2n) is 8.45. The molecule has 0 saturated carbocycles. The second-order valence-corrected chi connectivity index (χ2v) is 8.45. The highest BCUT2D eigenvalue weighted by Crippen LogP contribution is 2.37. The topological polar surface area (TPSA) is 76.7 Å². The molecule has 4 aromatic rings. The molecule has 2 atom stereocenters. The zero-order valence-corrected chi connectivity index (χ0v) is 18.5. The molecule has 1 aromatic carbocycles. The maximum Gasteiger partial charge on any atom is 0.417 e. The van der Waals surface area contributed by atoms with Crippen LogP contribution in [0.15, 0.2) is 67.4 Å². The number of aromatic amines is 2. The first-order valence-corrected chi connectivity index (χ1v) is 11.0. The number of hydrogen-bond acceptors (Lipinski definition) is 5. The van der Waals surface area contributed by atoms with Crippen LogP contribution in [0, 0.1) is 0 Å². The van der Waals surface area contributed by atoms with Crippen LogP contribution in [0.3, 0.4) is 0 Å². The average Bonchev–Trinajstić information content (AvgIpc) is 3.54. The third-order valence-corrected chi connectivity index (χ3v) is 6.29. The molecule has 0 bridgehead atoms. The van der Waals surface area contributed by atoms with Crippen molar-refractivity contribution in [3.63, 3.8) is 0 Å². The van der Waals surface area contributed by atoms with Gasteiger partial charge in [0.25, 0.3) is 0 Å². The number of rotatable bonds is 5. The molecule has 0 aliphatic carbocycles. The number of anilines is 1. The third kappa shape index (κ3) is 4.28. The molecule has 5 rings (SSSR count). The third-order valence-electron chi connectivity index (χ3n) is 6.29. The normalized spacial score (nSPS) is 18.2. The Hall–Kier alpha value is -3.66. The zero-order valence-electron chi connectivity index (χ0n) is 18.5. The molecule has 0 amide bonds. The van der Waals surface area contributed by atoms with Gasteiger partial charge in [-0.05, 0) is 30.2 Å². The Bertz CT molecular complexity index is 1200. The Morgan fingerprint density at radius 3 is 2.41 bits per heavy atom. The number of halogens is 3. The van der Waals surface area contributed by atoms with Crippen LogP contribution < -0.4 is 4.90 Å². The lowest BCUT2D eigenvalue weighted by atomic mass is 9.91. The molecule has 3 aromatic heterocycles. The van der Waals surface area contributed by atoms with Crippen LogP contribution >= 0.6 is 0 Å². The quantitative estimate of drug-likeness (QED) is 0.452. The lowest BCUT2D eigenvalue weighted by molar-refractivity contribution is -0.137. The molecule has 10 heteroatoms. The van der Waals surface area contributed by atoms with Gasteiger partial charge in [0.15, 0.2) is 0 Å². The zero-order chi connectivity index (χ0) is 23.7. The van der Waals surface area contributed by atoms with Crippen molar-refractivity contribution < 1.29 is 13.2 Å². The van der Waals surface area contributed by atoms with Crippen molar-refractivity contribution in [3.8, 4) is 11.1 Å². The minimum Gasteiger partial charge on any atom is -0.351 e. The first kappa shape index (κ1) is 22.1. The summed E-state index contributed by atoms with van der Waals surface area (Å²) in [6.07, 6.45) is 3.95.